The van der Waals surface area contributed by atoms with Crippen LogP contribution in [0, 0.1) is 0 Å². The van der Waals surface area contributed by atoms with Gasteiger partial charge in [-0.05, 0) is 38.5 Å². The van der Waals surface area contributed by atoms with Crippen molar-refractivity contribution in [3.05, 3.63) is 44.5 Å². The van der Waals surface area contributed by atoms with E-state index < -0.39 is 11.1 Å². The van der Waals surface area contributed by atoms with Gasteiger partial charge in [0.2, 0.25) is 0 Å². The summed E-state index contributed by atoms with van der Waals surface area (Å²) in [5, 5.41) is 2.77. The highest BCUT2D eigenvalue weighted by Gasteiger charge is 2.10. The van der Waals surface area contributed by atoms with E-state index in [0.717, 1.165) is 0 Å². The third-order valence-corrected chi connectivity index (χ3v) is 3.44. The second-order valence-corrected chi connectivity index (χ2v) is 5.26. The minimum absolute atomic E-state index is 0. The summed E-state index contributed by atoms with van der Waals surface area (Å²) in [4.78, 5) is 38.0. The molecule has 2 rings (SSSR count). The normalized spacial score (nSPS) is 11.8. The van der Waals surface area contributed by atoms with Crippen molar-refractivity contribution in [1.82, 2.24) is 14.9 Å². The van der Waals surface area contributed by atoms with Crippen LogP contribution in [0.1, 0.15) is 30.6 Å². The maximum atomic E-state index is 12.1. The molecule has 8 heteroatoms. The Morgan fingerprint density at radius 3 is 2.70 bits per heavy atom. The molecule has 1 unspecified atom stereocenters. The van der Waals surface area contributed by atoms with Crippen LogP contribution in [0.5, 0.6) is 0 Å². The first kappa shape index (κ1) is 18.9. The monoisotopic (exact) mass is 340 g/mol. The molecule has 1 heterocycles. The fourth-order valence-electron chi connectivity index (χ4n) is 2.25. The lowest BCUT2D eigenvalue weighted by Gasteiger charge is -2.10. The Morgan fingerprint density at radius 1 is 1.39 bits per heavy atom. The van der Waals surface area contributed by atoms with E-state index in [-0.39, 0.29) is 24.4 Å². The van der Waals surface area contributed by atoms with Gasteiger partial charge in [-0.3, -0.25) is 14.4 Å². The molecule has 0 aliphatic heterocycles. The van der Waals surface area contributed by atoms with Gasteiger partial charge in [-0.1, -0.05) is 0 Å². The van der Waals surface area contributed by atoms with E-state index in [9.17, 15) is 14.4 Å². The molecule has 1 amide bonds. The highest BCUT2D eigenvalue weighted by atomic mass is 35.5. The number of fused-ring (bicyclic) bond motifs is 1. The highest BCUT2D eigenvalue weighted by molar-refractivity contribution is 5.97. The number of hydrogen-bond donors (Lipinski definition) is 3. The van der Waals surface area contributed by atoms with E-state index >= 15 is 0 Å². The number of aromatic amines is 1. The van der Waals surface area contributed by atoms with E-state index in [1.807, 2.05) is 6.92 Å². The summed E-state index contributed by atoms with van der Waals surface area (Å²) < 4.78 is 1.38. The average Bonchev–Trinajstić information content (AvgIpc) is 2.47. The van der Waals surface area contributed by atoms with Crippen LogP contribution in [0.25, 0.3) is 11.0 Å². The standard InChI is InChI=1S/C15H20N4O3.ClH/c1-3-19-12-5-4-10(13(20)17-7-6-9(2)16)8-11(12)18-14(21)15(19)22;/h4-5,8-9H,3,6-7,16H2,1-2H3,(H,17,20)(H,18,21);1H. The first-order valence-electron chi connectivity index (χ1n) is 7.24. The van der Waals surface area contributed by atoms with Crippen LogP contribution < -0.4 is 22.2 Å². The molecular formula is C15H21ClN4O3. The van der Waals surface area contributed by atoms with Crippen LogP contribution in [-0.2, 0) is 6.54 Å². The quantitative estimate of drug-likeness (QED) is 0.692. The second kappa shape index (κ2) is 7.94. The van der Waals surface area contributed by atoms with E-state index in [1.54, 1.807) is 25.1 Å². The summed E-state index contributed by atoms with van der Waals surface area (Å²) >= 11 is 0. The molecular weight excluding hydrogens is 320 g/mol. The van der Waals surface area contributed by atoms with Gasteiger partial charge >= 0.3 is 11.1 Å². The second-order valence-electron chi connectivity index (χ2n) is 5.26. The Bertz CT molecular complexity index is 810. The van der Waals surface area contributed by atoms with Crippen molar-refractivity contribution >= 4 is 29.3 Å². The lowest BCUT2D eigenvalue weighted by molar-refractivity contribution is 0.0953. The van der Waals surface area contributed by atoms with Gasteiger partial charge in [-0.15, -0.1) is 12.4 Å². The van der Waals surface area contributed by atoms with Crippen LogP contribution in [0.15, 0.2) is 27.8 Å². The molecule has 0 radical (unpaired) electrons. The minimum Gasteiger partial charge on any atom is -0.352 e. The van der Waals surface area contributed by atoms with Crippen molar-refractivity contribution in [1.29, 1.82) is 0 Å². The number of aryl methyl sites for hydroxylation is 1. The smallest absolute Gasteiger partial charge is 0.316 e. The summed E-state index contributed by atoms with van der Waals surface area (Å²) in [6.45, 7) is 4.53. The van der Waals surface area contributed by atoms with Crippen molar-refractivity contribution < 1.29 is 4.79 Å². The number of carbonyl (C=O) groups excluding carboxylic acids is 1. The summed E-state index contributed by atoms with van der Waals surface area (Å²) in [5.74, 6) is -0.238. The average molecular weight is 341 g/mol. The summed E-state index contributed by atoms with van der Waals surface area (Å²) in [5.41, 5.74) is 5.83. The van der Waals surface area contributed by atoms with E-state index in [2.05, 4.69) is 10.3 Å². The molecule has 7 nitrogen and oxygen atoms in total. The van der Waals surface area contributed by atoms with Gasteiger partial charge in [-0.2, -0.15) is 0 Å². The summed E-state index contributed by atoms with van der Waals surface area (Å²) in [6, 6.07) is 4.89. The molecule has 0 bridgehead atoms. The lowest BCUT2D eigenvalue weighted by Crippen LogP contribution is -2.36. The van der Waals surface area contributed by atoms with Gasteiger partial charge in [0.05, 0.1) is 11.0 Å². The van der Waals surface area contributed by atoms with Crippen molar-refractivity contribution in [3.63, 3.8) is 0 Å². The predicted octanol–water partition coefficient (Wildman–Crippen LogP) is 0.599. The van der Waals surface area contributed by atoms with Gasteiger partial charge in [0, 0.05) is 24.7 Å². The maximum absolute atomic E-state index is 12.1. The molecule has 23 heavy (non-hydrogen) atoms. The van der Waals surface area contributed by atoms with Crippen LogP contribution in [0.3, 0.4) is 0 Å². The summed E-state index contributed by atoms with van der Waals surface area (Å²) in [7, 11) is 0. The van der Waals surface area contributed by atoms with E-state index in [4.69, 9.17) is 5.73 Å². The van der Waals surface area contributed by atoms with Crippen LogP contribution in [0.2, 0.25) is 0 Å². The zero-order chi connectivity index (χ0) is 16.3. The molecule has 1 aromatic heterocycles. The number of nitrogens with one attached hydrogen (secondary N) is 2. The van der Waals surface area contributed by atoms with Crippen molar-refractivity contribution in [3.8, 4) is 0 Å². The lowest BCUT2D eigenvalue weighted by atomic mass is 10.1. The topological polar surface area (TPSA) is 110 Å². The number of nitrogens with zero attached hydrogens (tertiary/aromatic N) is 1. The molecule has 4 N–H and O–H groups in total. The number of aromatic nitrogens is 2. The molecule has 0 saturated carbocycles. The number of H-pyrrole nitrogens is 1. The number of hydrogen-bond acceptors (Lipinski definition) is 4. The largest absolute Gasteiger partial charge is 0.352 e. The Hall–Kier alpha value is -2.12. The fraction of sp³-hybridized carbons (Fsp3) is 0.400. The molecule has 0 aliphatic rings. The number of nitrogens with two attached hydrogens (primary N) is 1. The number of carbonyl (C=O) groups is 1. The first-order chi connectivity index (χ1) is 10.4. The van der Waals surface area contributed by atoms with Gasteiger partial charge in [0.25, 0.3) is 5.91 Å². The van der Waals surface area contributed by atoms with Crippen LogP contribution >= 0.6 is 12.4 Å². The zero-order valence-corrected chi connectivity index (χ0v) is 13.9. The first-order valence-corrected chi connectivity index (χ1v) is 7.24. The van der Waals surface area contributed by atoms with Gasteiger partial charge in [0.15, 0.2) is 0 Å². The van der Waals surface area contributed by atoms with Gasteiger partial charge in [-0.25, -0.2) is 0 Å². The number of amides is 1. The number of halogens is 1. The minimum atomic E-state index is -0.691. The highest BCUT2D eigenvalue weighted by Crippen LogP contribution is 2.11. The zero-order valence-electron chi connectivity index (χ0n) is 13.1. The Balaban J connectivity index is 0.00000264. The molecule has 1 aromatic carbocycles. The molecule has 0 fully saturated rings. The Kier molecular flexibility index (Phi) is 6.53. The summed E-state index contributed by atoms with van der Waals surface area (Å²) in [6.07, 6.45) is 0.686. The molecule has 126 valence electrons. The molecule has 0 spiro atoms. The van der Waals surface area contributed by atoms with Crippen LogP contribution in [-0.4, -0.2) is 28.0 Å². The fourth-order valence-corrected chi connectivity index (χ4v) is 2.25. The van der Waals surface area contributed by atoms with Crippen molar-refractivity contribution in [2.45, 2.75) is 32.9 Å². The maximum Gasteiger partial charge on any atom is 0.316 e. The van der Waals surface area contributed by atoms with Crippen LogP contribution in [0.4, 0.5) is 0 Å². The number of rotatable bonds is 5. The van der Waals surface area contributed by atoms with Crippen molar-refractivity contribution in [2.24, 2.45) is 5.73 Å². The van der Waals surface area contributed by atoms with Gasteiger partial charge < -0.3 is 20.6 Å². The molecule has 2 aromatic rings. The van der Waals surface area contributed by atoms with Crippen molar-refractivity contribution in [2.75, 3.05) is 6.54 Å². The van der Waals surface area contributed by atoms with E-state index in [0.29, 0.717) is 36.1 Å². The Morgan fingerprint density at radius 2 is 2.09 bits per heavy atom. The number of benzene rings is 1. The van der Waals surface area contributed by atoms with E-state index in [1.165, 1.54) is 4.57 Å². The van der Waals surface area contributed by atoms with Gasteiger partial charge in [0.1, 0.15) is 0 Å². The SMILES string of the molecule is CCn1c(=O)c(=O)[nH]c2cc(C(=O)NCCC(C)N)ccc21.Cl. The third-order valence-electron chi connectivity index (χ3n) is 3.44. The molecule has 0 aliphatic carbocycles. The molecule has 1 atom stereocenters. The third kappa shape index (κ3) is 4.20. The Labute approximate surface area is 139 Å². The predicted molar refractivity (Wildman–Crippen MR) is 92.4 cm³/mol. The molecule has 0 saturated heterocycles.